The normalized spacial score (nSPS) is 19.5. The Hall–Kier alpha value is -0.760. The van der Waals surface area contributed by atoms with E-state index in [0.717, 1.165) is 12.5 Å². The quantitative estimate of drug-likeness (QED) is 0.799. The number of nitrogens with one attached hydrogen (secondary N) is 1. The zero-order valence-corrected chi connectivity index (χ0v) is 9.54. The maximum absolute atomic E-state index is 5.20. The predicted octanol–water partition coefficient (Wildman–Crippen LogP) is 3.51. The van der Waals surface area contributed by atoms with Crippen molar-refractivity contribution < 1.29 is 4.42 Å². The molecule has 0 saturated heterocycles. The lowest BCUT2D eigenvalue weighted by Gasteiger charge is -2.23. The van der Waals surface area contributed by atoms with Crippen LogP contribution in [0.25, 0.3) is 0 Å². The standard InChI is InChI=1S/C13H21NO/c1-2-8-14-13(11-5-3-4-6-11)12-7-9-15-10-12/h7,9-11,13-14H,2-6,8H2,1H3. The van der Waals surface area contributed by atoms with Crippen LogP contribution in [0.15, 0.2) is 23.0 Å². The fraction of sp³-hybridized carbons (Fsp3) is 0.692. The van der Waals surface area contributed by atoms with Crippen molar-refractivity contribution in [3.63, 3.8) is 0 Å². The minimum atomic E-state index is 0.520. The summed E-state index contributed by atoms with van der Waals surface area (Å²) < 4.78 is 5.20. The smallest absolute Gasteiger partial charge is 0.0950 e. The van der Waals surface area contributed by atoms with Gasteiger partial charge in [0.1, 0.15) is 0 Å². The summed E-state index contributed by atoms with van der Waals surface area (Å²) in [5.74, 6) is 0.814. The van der Waals surface area contributed by atoms with Gasteiger partial charge in [-0.05, 0) is 37.8 Å². The van der Waals surface area contributed by atoms with Crippen LogP contribution in [0.2, 0.25) is 0 Å². The first kappa shape index (κ1) is 10.7. The van der Waals surface area contributed by atoms with Gasteiger partial charge in [0.25, 0.3) is 0 Å². The van der Waals surface area contributed by atoms with Crippen molar-refractivity contribution in [2.24, 2.45) is 5.92 Å². The molecule has 0 radical (unpaired) electrons. The van der Waals surface area contributed by atoms with Crippen molar-refractivity contribution in [2.45, 2.75) is 45.1 Å². The molecule has 1 aliphatic rings. The van der Waals surface area contributed by atoms with Crippen LogP contribution in [0, 0.1) is 5.92 Å². The molecule has 1 heterocycles. The van der Waals surface area contributed by atoms with Gasteiger partial charge in [-0.25, -0.2) is 0 Å². The summed E-state index contributed by atoms with van der Waals surface area (Å²) in [6.07, 6.45) is 10.4. The van der Waals surface area contributed by atoms with E-state index >= 15 is 0 Å². The first-order valence-electron chi connectivity index (χ1n) is 6.17. The molecule has 2 rings (SSSR count). The summed E-state index contributed by atoms with van der Waals surface area (Å²) >= 11 is 0. The number of rotatable bonds is 5. The minimum Gasteiger partial charge on any atom is -0.472 e. The molecular formula is C13H21NO. The highest BCUT2D eigenvalue weighted by Crippen LogP contribution is 2.35. The van der Waals surface area contributed by atoms with E-state index in [9.17, 15) is 0 Å². The molecule has 0 amide bonds. The molecule has 1 atom stereocenters. The van der Waals surface area contributed by atoms with E-state index in [1.54, 1.807) is 6.26 Å². The zero-order valence-electron chi connectivity index (χ0n) is 9.54. The van der Waals surface area contributed by atoms with Gasteiger partial charge in [-0.15, -0.1) is 0 Å². The molecule has 0 spiro atoms. The Balaban J connectivity index is 2.01. The van der Waals surface area contributed by atoms with Crippen molar-refractivity contribution in [1.82, 2.24) is 5.32 Å². The van der Waals surface area contributed by atoms with Crippen molar-refractivity contribution in [2.75, 3.05) is 6.54 Å². The summed E-state index contributed by atoms with van der Waals surface area (Å²) in [7, 11) is 0. The summed E-state index contributed by atoms with van der Waals surface area (Å²) in [4.78, 5) is 0. The molecule has 0 aliphatic heterocycles. The highest BCUT2D eigenvalue weighted by Gasteiger charge is 2.26. The van der Waals surface area contributed by atoms with E-state index in [4.69, 9.17) is 4.42 Å². The van der Waals surface area contributed by atoms with Crippen LogP contribution in [0.4, 0.5) is 0 Å². The highest BCUT2D eigenvalue weighted by molar-refractivity contribution is 5.13. The van der Waals surface area contributed by atoms with E-state index in [1.807, 2.05) is 6.26 Å². The van der Waals surface area contributed by atoms with Crippen molar-refractivity contribution in [1.29, 1.82) is 0 Å². The Morgan fingerprint density at radius 3 is 2.87 bits per heavy atom. The fourth-order valence-corrected chi connectivity index (χ4v) is 2.60. The maximum atomic E-state index is 5.20. The van der Waals surface area contributed by atoms with E-state index in [0.29, 0.717) is 6.04 Å². The van der Waals surface area contributed by atoms with Crippen LogP contribution in [0.1, 0.15) is 50.6 Å². The summed E-state index contributed by atoms with van der Waals surface area (Å²) in [5.41, 5.74) is 1.33. The maximum Gasteiger partial charge on any atom is 0.0950 e. The van der Waals surface area contributed by atoms with Crippen molar-refractivity contribution >= 4 is 0 Å². The van der Waals surface area contributed by atoms with Crippen LogP contribution in [0.3, 0.4) is 0 Å². The van der Waals surface area contributed by atoms with Crippen LogP contribution in [-0.2, 0) is 0 Å². The lowest BCUT2D eigenvalue weighted by Crippen LogP contribution is -2.27. The molecule has 2 heteroatoms. The molecule has 2 nitrogen and oxygen atoms in total. The summed E-state index contributed by atoms with van der Waals surface area (Å²) in [6.45, 7) is 3.32. The van der Waals surface area contributed by atoms with Gasteiger partial charge in [-0.1, -0.05) is 19.8 Å². The fourth-order valence-electron chi connectivity index (χ4n) is 2.60. The van der Waals surface area contributed by atoms with Crippen LogP contribution in [0.5, 0.6) is 0 Å². The van der Waals surface area contributed by atoms with Gasteiger partial charge in [0.15, 0.2) is 0 Å². The summed E-state index contributed by atoms with van der Waals surface area (Å²) in [6, 6.07) is 2.62. The third kappa shape index (κ3) is 2.63. The van der Waals surface area contributed by atoms with Gasteiger partial charge in [-0.3, -0.25) is 0 Å². The second-order valence-electron chi connectivity index (χ2n) is 4.53. The third-order valence-corrected chi connectivity index (χ3v) is 3.39. The second kappa shape index (κ2) is 5.36. The van der Waals surface area contributed by atoms with Crippen LogP contribution >= 0.6 is 0 Å². The molecule has 1 aliphatic carbocycles. The first-order chi connectivity index (χ1) is 7.42. The van der Waals surface area contributed by atoms with E-state index < -0.39 is 0 Å². The Bertz CT molecular complexity index is 262. The Kier molecular flexibility index (Phi) is 3.84. The van der Waals surface area contributed by atoms with Crippen molar-refractivity contribution in [3.05, 3.63) is 24.2 Å². The number of hydrogen-bond donors (Lipinski definition) is 1. The van der Waals surface area contributed by atoms with E-state index in [2.05, 4.69) is 18.3 Å². The van der Waals surface area contributed by atoms with E-state index in [1.165, 1.54) is 37.7 Å². The second-order valence-corrected chi connectivity index (χ2v) is 4.53. The average Bonchev–Trinajstić information content (AvgIpc) is 2.90. The number of furan rings is 1. The molecule has 1 unspecified atom stereocenters. The van der Waals surface area contributed by atoms with E-state index in [-0.39, 0.29) is 0 Å². The molecule has 1 fully saturated rings. The molecule has 84 valence electrons. The Morgan fingerprint density at radius 2 is 2.27 bits per heavy atom. The third-order valence-electron chi connectivity index (χ3n) is 3.39. The van der Waals surface area contributed by atoms with Gasteiger partial charge in [0.05, 0.1) is 12.5 Å². The molecular weight excluding hydrogens is 186 g/mol. The lowest BCUT2D eigenvalue weighted by atomic mass is 9.93. The zero-order chi connectivity index (χ0) is 10.5. The topological polar surface area (TPSA) is 25.2 Å². The molecule has 1 N–H and O–H groups in total. The Morgan fingerprint density at radius 1 is 1.47 bits per heavy atom. The SMILES string of the molecule is CCCNC(c1ccoc1)C1CCCC1. The molecule has 1 saturated carbocycles. The first-order valence-corrected chi connectivity index (χ1v) is 6.17. The minimum absolute atomic E-state index is 0.520. The molecule has 0 aromatic carbocycles. The molecule has 1 aromatic rings. The largest absolute Gasteiger partial charge is 0.472 e. The highest BCUT2D eigenvalue weighted by atomic mass is 16.3. The van der Waals surface area contributed by atoms with Gasteiger partial charge >= 0.3 is 0 Å². The molecule has 15 heavy (non-hydrogen) atoms. The van der Waals surface area contributed by atoms with Crippen LogP contribution in [-0.4, -0.2) is 6.54 Å². The number of hydrogen-bond acceptors (Lipinski definition) is 2. The van der Waals surface area contributed by atoms with Crippen LogP contribution < -0.4 is 5.32 Å². The lowest BCUT2D eigenvalue weighted by molar-refractivity contribution is 0.365. The molecule has 0 bridgehead atoms. The van der Waals surface area contributed by atoms with Crippen molar-refractivity contribution in [3.8, 4) is 0 Å². The molecule has 1 aromatic heterocycles. The predicted molar refractivity (Wildman–Crippen MR) is 61.7 cm³/mol. The van der Waals surface area contributed by atoms with Gasteiger partial charge in [0.2, 0.25) is 0 Å². The van der Waals surface area contributed by atoms with Gasteiger partial charge in [-0.2, -0.15) is 0 Å². The Labute approximate surface area is 92.1 Å². The van der Waals surface area contributed by atoms with Gasteiger partial charge < -0.3 is 9.73 Å². The average molecular weight is 207 g/mol. The summed E-state index contributed by atoms with van der Waals surface area (Å²) in [5, 5.41) is 3.65. The monoisotopic (exact) mass is 207 g/mol. The van der Waals surface area contributed by atoms with Gasteiger partial charge in [0, 0.05) is 11.6 Å².